The van der Waals surface area contributed by atoms with Crippen molar-refractivity contribution in [2.75, 3.05) is 19.3 Å². The molecule has 2 amide bonds. The molecule has 0 aliphatic rings. The first-order valence-corrected chi connectivity index (χ1v) is 7.29. The van der Waals surface area contributed by atoms with Gasteiger partial charge >= 0.3 is 5.51 Å². The average Bonchev–Trinajstić information content (AvgIpc) is 2.48. The molecule has 0 atom stereocenters. The number of rotatable bonds is 6. The number of thioether (sulfide) groups is 1. The molecule has 1 rings (SSSR count). The number of nitrogens with one attached hydrogen (secondary N) is 2. The average molecular weight is 332 g/mol. The van der Waals surface area contributed by atoms with Gasteiger partial charge in [0.1, 0.15) is 0 Å². The van der Waals surface area contributed by atoms with Crippen molar-refractivity contribution in [3.8, 4) is 0 Å². The molecule has 0 radical (unpaired) electrons. The van der Waals surface area contributed by atoms with Crippen LogP contribution in [0.15, 0.2) is 30.3 Å². The highest BCUT2D eigenvalue weighted by Crippen LogP contribution is 2.29. The molecule has 2 N–H and O–H groups in total. The molecule has 0 spiro atoms. The number of carbonyl (C=O) groups is 2. The molecule has 0 saturated carbocycles. The summed E-state index contributed by atoms with van der Waals surface area (Å²) in [6.45, 7) is -0.0665. The fourth-order valence-corrected chi connectivity index (χ4v) is 1.90. The summed E-state index contributed by atoms with van der Waals surface area (Å²) in [6.07, 6.45) is 2.74. The first-order valence-electron chi connectivity index (χ1n) is 6.30. The Hall–Kier alpha value is -1.96. The number of alkyl halides is 3. The number of carbonyl (C=O) groups excluding carboxylic acids is 2. The molecule has 8 heteroatoms. The second-order valence-electron chi connectivity index (χ2n) is 4.12. The molecule has 0 fully saturated rings. The number of halogens is 3. The van der Waals surface area contributed by atoms with Crippen LogP contribution < -0.4 is 10.6 Å². The summed E-state index contributed by atoms with van der Waals surface area (Å²) in [7, 11) is 1.53. The minimum Gasteiger partial charge on any atom is -0.355 e. The molecule has 120 valence electrons. The van der Waals surface area contributed by atoms with Gasteiger partial charge in [-0.05, 0) is 35.5 Å². The van der Waals surface area contributed by atoms with E-state index in [1.165, 1.54) is 19.2 Å². The smallest absolute Gasteiger partial charge is 0.355 e. The van der Waals surface area contributed by atoms with E-state index in [9.17, 15) is 22.8 Å². The molecule has 1 aromatic carbocycles. The van der Waals surface area contributed by atoms with Crippen LogP contribution in [0.5, 0.6) is 0 Å². The molecule has 0 bridgehead atoms. The van der Waals surface area contributed by atoms with Gasteiger partial charge in [-0.1, -0.05) is 12.1 Å². The third-order valence-corrected chi connectivity index (χ3v) is 3.23. The van der Waals surface area contributed by atoms with Crippen LogP contribution in [0.25, 0.3) is 6.08 Å². The Morgan fingerprint density at radius 1 is 1.23 bits per heavy atom. The Kier molecular flexibility index (Phi) is 6.97. The lowest BCUT2D eigenvalue weighted by Gasteiger charge is -2.05. The molecular formula is C14H15F3N2O2S. The largest absolute Gasteiger partial charge is 0.441 e. The Balaban J connectivity index is 2.41. The van der Waals surface area contributed by atoms with Gasteiger partial charge in [-0.25, -0.2) is 0 Å². The van der Waals surface area contributed by atoms with E-state index in [0.717, 1.165) is 0 Å². The highest BCUT2D eigenvalue weighted by molar-refractivity contribution is 8.00. The zero-order chi connectivity index (χ0) is 16.6. The topological polar surface area (TPSA) is 58.2 Å². The van der Waals surface area contributed by atoms with Gasteiger partial charge in [0, 0.05) is 31.0 Å². The maximum absolute atomic E-state index is 11.9. The number of hydrogen-bond acceptors (Lipinski definition) is 3. The van der Waals surface area contributed by atoms with Gasteiger partial charge in [0.15, 0.2) is 0 Å². The lowest BCUT2D eigenvalue weighted by Crippen LogP contribution is -2.24. The quantitative estimate of drug-likeness (QED) is 0.621. The molecular weight excluding hydrogens is 317 g/mol. The molecule has 4 nitrogen and oxygen atoms in total. The van der Waals surface area contributed by atoms with Crippen molar-refractivity contribution in [1.82, 2.24) is 10.6 Å². The number of hydrogen-bond donors (Lipinski definition) is 2. The van der Waals surface area contributed by atoms with E-state index in [1.807, 2.05) is 0 Å². The minimum absolute atomic E-state index is 0.0665. The number of benzene rings is 1. The summed E-state index contributed by atoms with van der Waals surface area (Å²) in [5.41, 5.74) is -3.09. The van der Waals surface area contributed by atoms with Crippen LogP contribution in [-0.4, -0.2) is 36.7 Å². The van der Waals surface area contributed by atoms with Gasteiger partial charge in [-0.3, -0.25) is 9.59 Å². The van der Waals surface area contributed by atoms with Crippen LogP contribution in [0.1, 0.15) is 15.9 Å². The lowest BCUT2D eigenvalue weighted by molar-refractivity contribution is -0.116. The Morgan fingerprint density at radius 3 is 2.41 bits per heavy atom. The summed E-state index contributed by atoms with van der Waals surface area (Å²) in [6, 6.07) is 6.54. The highest BCUT2D eigenvalue weighted by atomic mass is 32.2. The van der Waals surface area contributed by atoms with Crippen molar-refractivity contribution >= 4 is 29.7 Å². The van der Waals surface area contributed by atoms with Crippen molar-refractivity contribution in [2.24, 2.45) is 0 Å². The lowest BCUT2D eigenvalue weighted by atomic mass is 10.1. The van der Waals surface area contributed by atoms with E-state index >= 15 is 0 Å². The monoisotopic (exact) mass is 332 g/mol. The van der Waals surface area contributed by atoms with Gasteiger partial charge < -0.3 is 10.6 Å². The van der Waals surface area contributed by atoms with Gasteiger partial charge in [0.05, 0.1) is 0 Å². The predicted octanol–water partition coefficient (Wildman–Crippen LogP) is 2.43. The van der Waals surface area contributed by atoms with E-state index in [1.54, 1.807) is 24.3 Å². The molecule has 0 heterocycles. The molecule has 0 aromatic heterocycles. The van der Waals surface area contributed by atoms with Gasteiger partial charge in [-0.2, -0.15) is 13.2 Å². The fourth-order valence-electron chi connectivity index (χ4n) is 1.46. The van der Waals surface area contributed by atoms with Crippen LogP contribution in [0.3, 0.4) is 0 Å². The summed E-state index contributed by atoms with van der Waals surface area (Å²) >= 11 is -0.180. The van der Waals surface area contributed by atoms with E-state index < -0.39 is 11.4 Å². The summed E-state index contributed by atoms with van der Waals surface area (Å²) in [4.78, 5) is 22.7. The summed E-state index contributed by atoms with van der Waals surface area (Å²) < 4.78 is 35.6. The van der Waals surface area contributed by atoms with Crippen molar-refractivity contribution < 1.29 is 22.8 Å². The highest BCUT2D eigenvalue weighted by Gasteiger charge is 2.27. The van der Waals surface area contributed by atoms with E-state index in [0.29, 0.717) is 11.1 Å². The number of amides is 2. The molecule has 0 unspecified atom stereocenters. The Labute approximate surface area is 130 Å². The van der Waals surface area contributed by atoms with Crippen molar-refractivity contribution in [3.05, 3.63) is 41.5 Å². The molecule has 0 saturated heterocycles. The molecule has 0 aliphatic heterocycles. The van der Waals surface area contributed by atoms with Gasteiger partial charge in [0.2, 0.25) is 5.91 Å². The summed E-state index contributed by atoms with van der Waals surface area (Å²) in [5.74, 6) is -0.919. The normalized spacial score (nSPS) is 11.5. The van der Waals surface area contributed by atoms with E-state index in [-0.39, 0.29) is 30.0 Å². The van der Waals surface area contributed by atoms with Crippen molar-refractivity contribution in [1.29, 1.82) is 0 Å². The maximum atomic E-state index is 11.9. The van der Waals surface area contributed by atoms with Gasteiger partial charge in [0.25, 0.3) is 5.91 Å². The van der Waals surface area contributed by atoms with Crippen LogP contribution in [0.2, 0.25) is 0 Å². The van der Waals surface area contributed by atoms with E-state index in [4.69, 9.17) is 0 Å². The first-order chi connectivity index (χ1) is 10.3. The van der Waals surface area contributed by atoms with Crippen molar-refractivity contribution in [2.45, 2.75) is 5.51 Å². The first kappa shape index (κ1) is 18.1. The van der Waals surface area contributed by atoms with Crippen LogP contribution in [0.4, 0.5) is 13.2 Å². The Morgan fingerprint density at radius 2 is 1.86 bits per heavy atom. The van der Waals surface area contributed by atoms with Crippen LogP contribution in [0, 0.1) is 0 Å². The zero-order valence-corrected chi connectivity index (χ0v) is 12.6. The summed E-state index contributed by atoms with van der Waals surface area (Å²) in [5, 5.41) is 4.84. The van der Waals surface area contributed by atoms with Gasteiger partial charge in [-0.15, -0.1) is 0 Å². The molecule has 22 heavy (non-hydrogen) atoms. The fraction of sp³-hybridized carbons (Fsp3) is 0.286. The standard InChI is InChI=1S/C14H15F3N2O2S/c1-18-13(21)11-5-2-10(3-6-11)4-7-12(20)19-8-9-22-14(15,16)17/h2-7H,8-9H2,1H3,(H,18,21)(H,19,20)/b7-4-. The Bertz CT molecular complexity index is 542. The minimum atomic E-state index is -4.28. The second kappa shape index (κ2) is 8.47. The van der Waals surface area contributed by atoms with E-state index in [2.05, 4.69) is 10.6 Å². The third-order valence-electron chi connectivity index (χ3n) is 2.49. The molecule has 0 aliphatic carbocycles. The second-order valence-corrected chi connectivity index (χ2v) is 5.28. The molecule has 1 aromatic rings. The van der Waals surface area contributed by atoms with Crippen LogP contribution in [-0.2, 0) is 4.79 Å². The van der Waals surface area contributed by atoms with Crippen LogP contribution >= 0.6 is 11.8 Å². The third kappa shape index (κ3) is 7.16. The predicted molar refractivity (Wildman–Crippen MR) is 80.4 cm³/mol. The SMILES string of the molecule is CNC(=O)c1ccc(/C=C\C(=O)NCCSC(F)(F)F)cc1. The zero-order valence-electron chi connectivity index (χ0n) is 11.7. The van der Waals surface area contributed by atoms with Crippen molar-refractivity contribution in [3.63, 3.8) is 0 Å². The maximum Gasteiger partial charge on any atom is 0.441 e.